The topological polar surface area (TPSA) is 64.4 Å². The van der Waals surface area contributed by atoms with Gasteiger partial charge >= 0.3 is 6.01 Å². The number of nitrogens with one attached hydrogen (secondary N) is 1. The third-order valence-corrected chi connectivity index (χ3v) is 3.25. The van der Waals surface area contributed by atoms with Crippen molar-refractivity contribution < 1.29 is 13.9 Å². The van der Waals surface area contributed by atoms with Gasteiger partial charge in [-0.05, 0) is 32.6 Å². The number of hydrogen-bond acceptors (Lipinski definition) is 4. The fraction of sp³-hybridized carbons (Fsp3) is 0.667. The third kappa shape index (κ3) is 2.20. The Kier molecular flexibility index (Phi) is 2.63. The predicted octanol–water partition coefficient (Wildman–Crippen LogP) is 1.98. The van der Waals surface area contributed by atoms with E-state index in [1.807, 2.05) is 6.92 Å². The predicted molar refractivity (Wildman–Crippen MR) is 60.8 cm³/mol. The second kappa shape index (κ2) is 4.14. The molecule has 1 saturated heterocycles. The minimum absolute atomic E-state index is 0.147. The first kappa shape index (κ1) is 10.8. The highest BCUT2D eigenvalue weighted by molar-refractivity contribution is 5.92. The Bertz CT molecular complexity index is 431. The number of nitrogens with zero attached hydrogens (tertiary/aromatic N) is 1. The van der Waals surface area contributed by atoms with Gasteiger partial charge in [-0.2, -0.15) is 4.98 Å². The zero-order valence-corrected chi connectivity index (χ0v) is 9.86. The molecule has 5 nitrogen and oxygen atoms in total. The quantitative estimate of drug-likeness (QED) is 0.871. The number of anilines is 1. The summed E-state index contributed by atoms with van der Waals surface area (Å²) in [5.41, 5.74) is 0.993. The van der Waals surface area contributed by atoms with E-state index in [0.717, 1.165) is 24.3 Å². The van der Waals surface area contributed by atoms with Crippen molar-refractivity contribution in [1.82, 2.24) is 4.98 Å². The van der Waals surface area contributed by atoms with Gasteiger partial charge in [0.2, 0.25) is 0 Å². The Hall–Kier alpha value is -1.36. The molecule has 1 amide bonds. The first-order valence-corrected chi connectivity index (χ1v) is 6.14. The molecular weight excluding hydrogens is 220 g/mol. The molecule has 2 aliphatic rings. The van der Waals surface area contributed by atoms with E-state index in [1.54, 1.807) is 0 Å². The Labute approximate surface area is 99.5 Å². The second-order valence-corrected chi connectivity index (χ2v) is 4.73. The van der Waals surface area contributed by atoms with Crippen molar-refractivity contribution in [2.24, 2.45) is 0 Å². The van der Waals surface area contributed by atoms with E-state index in [0.29, 0.717) is 18.5 Å². The van der Waals surface area contributed by atoms with Crippen LogP contribution in [0.4, 0.5) is 6.01 Å². The highest BCUT2D eigenvalue weighted by Crippen LogP contribution is 2.41. The number of aryl methyl sites for hydroxylation is 1. The molecule has 1 N–H and O–H groups in total. The number of carbonyl (C=O) groups is 1. The van der Waals surface area contributed by atoms with Gasteiger partial charge in [0, 0.05) is 12.5 Å². The molecule has 0 radical (unpaired) electrons. The molecule has 5 heteroatoms. The fourth-order valence-electron chi connectivity index (χ4n) is 2.17. The van der Waals surface area contributed by atoms with Crippen LogP contribution in [-0.2, 0) is 9.53 Å². The third-order valence-electron chi connectivity index (χ3n) is 3.25. The van der Waals surface area contributed by atoms with Crippen molar-refractivity contribution in [3.63, 3.8) is 0 Å². The lowest BCUT2D eigenvalue weighted by molar-refractivity contribution is -0.124. The molecule has 1 saturated carbocycles. The molecule has 0 bridgehead atoms. The molecule has 2 heterocycles. The largest absolute Gasteiger partial charge is 0.428 e. The maximum Gasteiger partial charge on any atom is 0.301 e. The molecule has 17 heavy (non-hydrogen) atoms. The van der Waals surface area contributed by atoms with Gasteiger partial charge in [0.05, 0.1) is 5.69 Å². The lowest BCUT2D eigenvalue weighted by Gasteiger charge is -2.06. The summed E-state index contributed by atoms with van der Waals surface area (Å²) in [6, 6.07) is 0.310. The highest BCUT2D eigenvalue weighted by atomic mass is 16.5. The Morgan fingerprint density at radius 2 is 2.24 bits per heavy atom. The Balaban J connectivity index is 1.67. The highest BCUT2D eigenvalue weighted by Gasteiger charge is 2.30. The van der Waals surface area contributed by atoms with Crippen molar-refractivity contribution in [3.05, 3.63) is 11.5 Å². The van der Waals surface area contributed by atoms with Crippen molar-refractivity contribution in [2.75, 3.05) is 11.9 Å². The molecular formula is C12H16N2O3. The molecule has 92 valence electrons. The van der Waals surface area contributed by atoms with Crippen LogP contribution in [0.25, 0.3) is 0 Å². The average Bonchev–Trinajstić information content (AvgIpc) is 2.86. The molecule has 1 aliphatic carbocycles. The smallest absolute Gasteiger partial charge is 0.301 e. The number of amides is 1. The van der Waals surface area contributed by atoms with E-state index in [4.69, 9.17) is 9.15 Å². The van der Waals surface area contributed by atoms with Gasteiger partial charge in [0.25, 0.3) is 5.91 Å². The van der Waals surface area contributed by atoms with Crippen LogP contribution < -0.4 is 5.32 Å². The molecule has 0 unspecified atom stereocenters. The lowest BCUT2D eigenvalue weighted by Crippen LogP contribution is -2.26. The monoisotopic (exact) mass is 236 g/mol. The normalized spacial score (nSPS) is 23.9. The van der Waals surface area contributed by atoms with E-state index >= 15 is 0 Å². The van der Waals surface area contributed by atoms with Gasteiger partial charge in [0.15, 0.2) is 0 Å². The van der Waals surface area contributed by atoms with Gasteiger partial charge in [-0.1, -0.05) is 0 Å². The van der Waals surface area contributed by atoms with Crippen molar-refractivity contribution in [1.29, 1.82) is 0 Å². The molecule has 3 rings (SSSR count). The molecule has 1 aromatic heterocycles. The lowest BCUT2D eigenvalue weighted by atomic mass is 10.2. The van der Waals surface area contributed by atoms with Crippen LogP contribution in [0.2, 0.25) is 0 Å². The van der Waals surface area contributed by atoms with Crippen LogP contribution >= 0.6 is 0 Å². The van der Waals surface area contributed by atoms with Crippen LogP contribution in [0, 0.1) is 6.92 Å². The molecule has 1 aliphatic heterocycles. The summed E-state index contributed by atoms with van der Waals surface area (Å²) < 4.78 is 10.7. The van der Waals surface area contributed by atoms with Crippen LogP contribution in [0.5, 0.6) is 0 Å². The van der Waals surface area contributed by atoms with Crippen molar-refractivity contribution >= 4 is 11.9 Å². The molecule has 0 spiro atoms. The summed E-state index contributed by atoms with van der Waals surface area (Å²) >= 11 is 0. The SMILES string of the molecule is Cc1oc(NC(=O)[C@H]2CCCO2)nc1C1CC1. The second-order valence-electron chi connectivity index (χ2n) is 4.73. The maximum atomic E-state index is 11.8. The number of ether oxygens (including phenoxy) is 1. The molecule has 0 aromatic carbocycles. The van der Waals surface area contributed by atoms with Crippen LogP contribution in [0.1, 0.15) is 43.1 Å². The van der Waals surface area contributed by atoms with Gasteiger partial charge in [-0.25, -0.2) is 0 Å². The van der Waals surface area contributed by atoms with Gasteiger partial charge < -0.3 is 9.15 Å². The maximum absolute atomic E-state index is 11.8. The standard InChI is InChI=1S/C12H16N2O3/c1-7-10(8-4-5-8)13-12(17-7)14-11(15)9-3-2-6-16-9/h8-9H,2-6H2,1H3,(H,13,14,15)/t9-/m1/s1. The number of hydrogen-bond donors (Lipinski definition) is 1. The number of aromatic nitrogens is 1. The summed E-state index contributed by atoms with van der Waals surface area (Å²) in [6.07, 6.45) is 3.72. The number of oxazole rings is 1. The summed E-state index contributed by atoms with van der Waals surface area (Å²) in [5, 5.41) is 2.69. The molecule has 1 atom stereocenters. The van der Waals surface area contributed by atoms with Gasteiger partial charge in [0.1, 0.15) is 11.9 Å². The van der Waals surface area contributed by atoms with Crippen molar-refractivity contribution in [2.45, 2.75) is 44.6 Å². The van der Waals surface area contributed by atoms with E-state index < -0.39 is 0 Å². The summed E-state index contributed by atoms with van der Waals surface area (Å²) in [5.74, 6) is 1.20. The fourth-order valence-corrected chi connectivity index (χ4v) is 2.17. The minimum Gasteiger partial charge on any atom is -0.428 e. The Morgan fingerprint density at radius 1 is 1.41 bits per heavy atom. The Morgan fingerprint density at radius 3 is 2.88 bits per heavy atom. The van der Waals surface area contributed by atoms with Crippen LogP contribution in [0.3, 0.4) is 0 Å². The zero-order chi connectivity index (χ0) is 11.8. The summed E-state index contributed by atoms with van der Waals surface area (Å²) in [7, 11) is 0. The number of carbonyl (C=O) groups excluding carboxylic acids is 1. The summed E-state index contributed by atoms with van der Waals surface area (Å²) in [6.45, 7) is 2.55. The van der Waals surface area contributed by atoms with Crippen molar-refractivity contribution in [3.8, 4) is 0 Å². The van der Waals surface area contributed by atoms with Gasteiger partial charge in [-0.3, -0.25) is 10.1 Å². The van der Waals surface area contributed by atoms with E-state index in [1.165, 1.54) is 12.8 Å². The minimum atomic E-state index is -0.341. The van der Waals surface area contributed by atoms with E-state index in [2.05, 4.69) is 10.3 Å². The summed E-state index contributed by atoms with van der Waals surface area (Å²) in [4.78, 5) is 16.1. The molecule has 1 aromatic rings. The van der Waals surface area contributed by atoms with Gasteiger partial charge in [-0.15, -0.1) is 0 Å². The van der Waals surface area contributed by atoms with Crippen LogP contribution in [0.15, 0.2) is 4.42 Å². The first-order chi connectivity index (χ1) is 8.24. The van der Waals surface area contributed by atoms with E-state index in [9.17, 15) is 4.79 Å². The van der Waals surface area contributed by atoms with E-state index in [-0.39, 0.29) is 12.0 Å². The number of rotatable bonds is 3. The zero-order valence-electron chi connectivity index (χ0n) is 9.86. The first-order valence-electron chi connectivity index (χ1n) is 6.14. The van der Waals surface area contributed by atoms with Crippen LogP contribution in [-0.4, -0.2) is 23.6 Å². The average molecular weight is 236 g/mol. The molecule has 2 fully saturated rings.